The smallest absolute Gasteiger partial charge is 0.0224 e. The SMILES string of the molecule is CSCCCC(CN)N1CC2CCCN2CC1C. The van der Waals surface area contributed by atoms with Gasteiger partial charge in [-0.05, 0) is 51.2 Å². The third-order valence-electron chi connectivity index (χ3n) is 4.61. The molecule has 0 aromatic heterocycles. The van der Waals surface area contributed by atoms with Crippen molar-refractivity contribution >= 4 is 11.8 Å². The molecule has 0 saturated carbocycles. The number of nitrogens with two attached hydrogens (primary N) is 1. The molecule has 2 rings (SSSR count). The Labute approximate surface area is 116 Å². The quantitative estimate of drug-likeness (QED) is 0.744. The Balaban J connectivity index is 1.88. The maximum Gasteiger partial charge on any atom is 0.0224 e. The summed E-state index contributed by atoms with van der Waals surface area (Å²) in [6.45, 7) is 7.03. The number of thioether (sulfide) groups is 1. The zero-order valence-electron chi connectivity index (χ0n) is 12.0. The summed E-state index contributed by atoms with van der Waals surface area (Å²) >= 11 is 1.95. The molecule has 2 saturated heterocycles. The average molecular weight is 271 g/mol. The fourth-order valence-electron chi connectivity index (χ4n) is 3.60. The van der Waals surface area contributed by atoms with E-state index in [1.807, 2.05) is 11.8 Å². The van der Waals surface area contributed by atoms with Gasteiger partial charge in [0.05, 0.1) is 0 Å². The minimum absolute atomic E-state index is 0.606. The summed E-state index contributed by atoms with van der Waals surface area (Å²) in [5, 5.41) is 0. The van der Waals surface area contributed by atoms with Gasteiger partial charge in [0.15, 0.2) is 0 Å². The van der Waals surface area contributed by atoms with E-state index in [9.17, 15) is 0 Å². The van der Waals surface area contributed by atoms with Gasteiger partial charge in [-0.3, -0.25) is 9.80 Å². The number of rotatable bonds is 6. The lowest BCUT2D eigenvalue weighted by Crippen LogP contribution is -2.59. The van der Waals surface area contributed by atoms with Crippen LogP contribution in [0.1, 0.15) is 32.6 Å². The lowest BCUT2D eigenvalue weighted by atomic mass is 10.0. The highest BCUT2D eigenvalue weighted by atomic mass is 32.2. The molecule has 0 spiro atoms. The van der Waals surface area contributed by atoms with Gasteiger partial charge >= 0.3 is 0 Å². The molecule has 2 fully saturated rings. The van der Waals surface area contributed by atoms with Crippen LogP contribution in [0.2, 0.25) is 0 Å². The minimum Gasteiger partial charge on any atom is -0.329 e. The predicted octanol–water partition coefficient (Wildman–Crippen LogP) is 1.63. The molecule has 3 nitrogen and oxygen atoms in total. The third-order valence-corrected chi connectivity index (χ3v) is 5.31. The highest BCUT2D eigenvalue weighted by Crippen LogP contribution is 2.26. The highest BCUT2D eigenvalue weighted by Gasteiger charge is 2.36. The van der Waals surface area contributed by atoms with Gasteiger partial charge in [0, 0.05) is 37.8 Å². The highest BCUT2D eigenvalue weighted by molar-refractivity contribution is 7.98. The van der Waals surface area contributed by atoms with E-state index in [2.05, 4.69) is 23.0 Å². The summed E-state index contributed by atoms with van der Waals surface area (Å²) < 4.78 is 0. The monoisotopic (exact) mass is 271 g/mol. The Morgan fingerprint density at radius 3 is 2.94 bits per heavy atom. The van der Waals surface area contributed by atoms with Gasteiger partial charge in [0.1, 0.15) is 0 Å². The van der Waals surface area contributed by atoms with Crippen molar-refractivity contribution in [1.29, 1.82) is 0 Å². The molecule has 0 aromatic rings. The second-order valence-electron chi connectivity index (χ2n) is 5.86. The molecule has 2 aliphatic heterocycles. The van der Waals surface area contributed by atoms with Crippen LogP contribution in [-0.2, 0) is 0 Å². The lowest BCUT2D eigenvalue weighted by molar-refractivity contribution is 0.0276. The molecule has 2 N–H and O–H groups in total. The zero-order valence-corrected chi connectivity index (χ0v) is 12.8. The Hall–Kier alpha value is 0.230. The summed E-state index contributed by atoms with van der Waals surface area (Å²) in [5.41, 5.74) is 6.02. The molecule has 2 heterocycles. The maximum absolute atomic E-state index is 6.02. The first-order valence-corrected chi connectivity index (χ1v) is 8.84. The van der Waals surface area contributed by atoms with E-state index < -0.39 is 0 Å². The van der Waals surface area contributed by atoms with E-state index >= 15 is 0 Å². The van der Waals surface area contributed by atoms with E-state index in [0.717, 1.165) is 12.6 Å². The van der Waals surface area contributed by atoms with Crippen molar-refractivity contribution < 1.29 is 0 Å². The van der Waals surface area contributed by atoms with Crippen LogP contribution in [0.15, 0.2) is 0 Å². The van der Waals surface area contributed by atoms with Gasteiger partial charge in [-0.1, -0.05) is 0 Å². The molecule has 3 atom stereocenters. The third kappa shape index (κ3) is 3.41. The Kier molecular flexibility index (Phi) is 5.80. The Morgan fingerprint density at radius 1 is 1.39 bits per heavy atom. The molecule has 0 amide bonds. The van der Waals surface area contributed by atoms with Crippen molar-refractivity contribution in [3.63, 3.8) is 0 Å². The number of nitrogens with zero attached hydrogens (tertiary/aromatic N) is 2. The van der Waals surface area contributed by atoms with Crippen LogP contribution < -0.4 is 5.73 Å². The van der Waals surface area contributed by atoms with Crippen molar-refractivity contribution in [3.8, 4) is 0 Å². The van der Waals surface area contributed by atoms with Crippen LogP contribution in [0, 0.1) is 0 Å². The predicted molar refractivity (Wildman–Crippen MR) is 81.2 cm³/mol. The average Bonchev–Trinajstić information content (AvgIpc) is 2.81. The van der Waals surface area contributed by atoms with Crippen molar-refractivity contribution in [2.45, 2.75) is 50.7 Å². The fourth-order valence-corrected chi connectivity index (χ4v) is 4.06. The normalized spacial score (nSPS) is 31.5. The van der Waals surface area contributed by atoms with Gasteiger partial charge in [0.2, 0.25) is 0 Å². The largest absolute Gasteiger partial charge is 0.329 e. The maximum atomic E-state index is 6.02. The molecule has 18 heavy (non-hydrogen) atoms. The number of hydrogen-bond donors (Lipinski definition) is 1. The summed E-state index contributed by atoms with van der Waals surface area (Å²) in [6, 6.07) is 2.10. The molecule has 3 unspecified atom stereocenters. The first-order valence-electron chi connectivity index (χ1n) is 7.45. The van der Waals surface area contributed by atoms with Crippen molar-refractivity contribution in [1.82, 2.24) is 9.80 Å². The van der Waals surface area contributed by atoms with Gasteiger partial charge in [-0.25, -0.2) is 0 Å². The van der Waals surface area contributed by atoms with Gasteiger partial charge in [0.25, 0.3) is 0 Å². The molecular weight excluding hydrogens is 242 g/mol. The Bertz CT molecular complexity index is 249. The van der Waals surface area contributed by atoms with E-state index in [-0.39, 0.29) is 0 Å². The standard InChI is InChI=1S/C14H29N3S/c1-12-10-16-7-3-5-14(16)11-17(12)13(9-15)6-4-8-18-2/h12-14H,3-11,15H2,1-2H3. The van der Waals surface area contributed by atoms with E-state index in [4.69, 9.17) is 5.73 Å². The van der Waals surface area contributed by atoms with E-state index in [1.54, 1.807) is 0 Å². The van der Waals surface area contributed by atoms with Crippen molar-refractivity contribution in [3.05, 3.63) is 0 Å². The molecular formula is C14H29N3S. The number of piperazine rings is 1. The molecule has 0 radical (unpaired) electrons. The Morgan fingerprint density at radius 2 is 2.22 bits per heavy atom. The van der Waals surface area contributed by atoms with Crippen LogP contribution in [0.25, 0.3) is 0 Å². The molecule has 4 heteroatoms. The first-order chi connectivity index (χ1) is 8.76. The van der Waals surface area contributed by atoms with Crippen molar-refractivity contribution in [2.75, 3.05) is 38.2 Å². The van der Waals surface area contributed by atoms with Gasteiger partial charge in [-0.15, -0.1) is 0 Å². The van der Waals surface area contributed by atoms with Crippen LogP contribution in [0.4, 0.5) is 0 Å². The van der Waals surface area contributed by atoms with E-state index in [1.165, 1.54) is 51.1 Å². The molecule has 106 valence electrons. The zero-order chi connectivity index (χ0) is 13.0. The van der Waals surface area contributed by atoms with Crippen molar-refractivity contribution in [2.24, 2.45) is 5.73 Å². The molecule has 0 aromatic carbocycles. The minimum atomic E-state index is 0.606. The second-order valence-corrected chi connectivity index (χ2v) is 6.85. The van der Waals surface area contributed by atoms with Crippen LogP contribution in [0.3, 0.4) is 0 Å². The van der Waals surface area contributed by atoms with Crippen LogP contribution in [-0.4, -0.2) is 66.1 Å². The van der Waals surface area contributed by atoms with Gasteiger partial charge in [-0.2, -0.15) is 11.8 Å². The first kappa shape index (κ1) is 14.6. The van der Waals surface area contributed by atoms with Gasteiger partial charge < -0.3 is 5.73 Å². The molecule has 2 aliphatic rings. The summed E-state index contributed by atoms with van der Waals surface area (Å²) in [5.74, 6) is 1.27. The second kappa shape index (κ2) is 7.13. The molecule has 0 aliphatic carbocycles. The van der Waals surface area contributed by atoms with Crippen LogP contribution >= 0.6 is 11.8 Å². The lowest BCUT2D eigenvalue weighted by Gasteiger charge is -2.46. The summed E-state index contributed by atoms with van der Waals surface area (Å²) in [6.07, 6.45) is 7.56. The van der Waals surface area contributed by atoms with Crippen LogP contribution in [0.5, 0.6) is 0 Å². The number of fused-ring (bicyclic) bond motifs is 1. The van der Waals surface area contributed by atoms with E-state index in [0.29, 0.717) is 12.1 Å². The molecule has 0 bridgehead atoms. The fraction of sp³-hybridized carbons (Fsp3) is 1.00. The summed E-state index contributed by atoms with van der Waals surface area (Å²) in [4.78, 5) is 5.39. The summed E-state index contributed by atoms with van der Waals surface area (Å²) in [7, 11) is 0. The number of hydrogen-bond acceptors (Lipinski definition) is 4. The topological polar surface area (TPSA) is 32.5 Å².